The summed E-state index contributed by atoms with van der Waals surface area (Å²) in [6.07, 6.45) is 8.88. The zero-order valence-corrected chi connectivity index (χ0v) is 15.6. The van der Waals surface area contributed by atoms with E-state index in [4.69, 9.17) is 0 Å². The van der Waals surface area contributed by atoms with Crippen LogP contribution in [0.4, 0.5) is 0 Å². The summed E-state index contributed by atoms with van der Waals surface area (Å²) in [5.74, 6) is 0.861. The predicted molar refractivity (Wildman–Crippen MR) is 99.9 cm³/mol. The number of nitrogens with one attached hydrogen (secondary N) is 1. The van der Waals surface area contributed by atoms with Crippen LogP contribution in [0.3, 0.4) is 0 Å². The van der Waals surface area contributed by atoms with Crippen molar-refractivity contribution in [2.24, 2.45) is 11.3 Å². The molecule has 5 aliphatic rings. The van der Waals surface area contributed by atoms with Crippen LogP contribution in [0.2, 0.25) is 0 Å². The van der Waals surface area contributed by atoms with E-state index >= 15 is 0 Å². The first-order chi connectivity index (χ1) is 12.5. The molecule has 1 spiro atoms. The lowest BCUT2D eigenvalue weighted by molar-refractivity contribution is -0.134. The maximum Gasteiger partial charge on any atom is 0.251 e. The SMILES string of the molecule is C[C@H](NC(=O)c1ccc(C23CC(C2)C3)cc1)C(=O)N1CCC2(CC1)CC2. The molecule has 26 heavy (non-hydrogen) atoms. The molecule has 1 N–H and O–H groups in total. The largest absolute Gasteiger partial charge is 0.341 e. The Morgan fingerprint density at radius 1 is 1.04 bits per heavy atom. The molecule has 0 radical (unpaired) electrons. The lowest BCUT2D eigenvalue weighted by Crippen LogP contribution is -2.55. The number of hydrogen-bond donors (Lipinski definition) is 1. The molecule has 1 aromatic carbocycles. The fourth-order valence-electron chi connectivity index (χ4n) is 5.30. The summed E-state index contributed by atoms with van der Waals surface area (Å²) < 4.78 is 0. The van der Waals surface area contributed by atoms with Crippen LogP contribution in [-0.4, -0.2) is 35.8 Å². The van der Waals surface area contributed by atoms with E-state index in [1.807, 2.05) is 17.0 Å². The van der Waals surface area contributed by atoms with Crippen LogP contribution >= 0.6 is 0 Å². The molecule has 1 saturated heterocycles. The molecule has 4 heteroatoms. The number of piperidine rings is 1. The van der Waals surface area contributed by atoms with Crippen molar-refractivity contribution >= 4 is 11.8 Å². The summed E-state index contributed by atoms with van der Waals surface area (Å²) in [6, 6.07) is 7.58. The first-order valence-electron chi connectivity index (χ1n) is 10.2. The summed E-state index contributed by atoms with van der Waals surface area (Å²) >= 11 is 0. The highest BCUT2D eigenvalue weighted by atomic mass is 16.2. The van der Waals surface area contributed by atoms with Crippen LogP contribution < -0.4 is 5.32 Å². The molecule has 6 rings (SSSR count). The lowest BCUT2D eigenvalue weighted by atomic mass is 9.42. The van der Waals surface area contributed by atoms with E-state index in [0.29, 0.717) is 16.4 Å². The highest BCUT2D eigenvalue weighted by molar-refractivity contribution is 5.97. The predicted octanol–water partition coefficient (Wildman–Crippen LogP) is 3.26. The van der Waals surface area contributed by atoms with Crippen molar-refractivity contribution in [2.45, 2.75) is 63.3 Å². The number of carbonyl (C=O) groups excluding carboxylic acids is 2. The van der Waals surface area contributed by atoms with Gasteiger partial charge in [-0.15, -0.1) is 0 Å². The Labute approximate surface area is 155 Å². The maximum absolute atomic E-state index is 12.6. The Hall–Kier alpha value is -1.84. The quantitative estimate of drug-likeness (QED) is 0.904. The van der Waals surface area contributed by atoms with E-state index in [9.17, 15) is 9.59 Å². The fourth-order valence-corrected chi connectivity index (χ4v) is 5.30. The molecule has 0 aromatic heterocycles. The Kier molecular flexibility index (Phi) is 3.51. The molecular formula is C22H28N2O2. The van der Waals surface area contributed by atoms with Gasteiger partial charge in [0.25, 0.3) is 5.91 Å². The first-order valence-corrected chi connectivity index (χ1v) is 10.2. The molecule has 1 atom stereocenters. The summed E-state index contributed by atoms with van der Waals surface area (Å²) in [5, 5.41) is 2.90. The van der Waals surface area contributed by atoms with Crippen molar-refractivity contribution < 1.29 is 9.59 Å². The second kappa shape index (κ2) is 5.58. The molecule has 0 unspecified atom stereocenters. The summed E-state index contributed by atoms with van der Waals surface area (Å²) in [5.41, 5.74) is 3.01. The van der Waals surface area contributed by atoms with Gasteiger partial charge in [-0.1, -0.05) is 12.1 Å². The highest BCUT2D eigenvalue weighted by Crippen LogP contribution is 2.65. The van der Waals surface area contributed by atoms with Crippen molar-refractivity contribution in [3.8, 4) is 0 Å². The van der Waals surface area contributed by atoms with Gasteiger partial charge in [0.1, 0.15) is 6.04 Å². The Balaban J connectivity index is 1.17. The maximum atomic E-state index is 12.6. The summed E-state index contributed by atoms with van der Waals surface area (Å²) in [7, 11) is 0. The number of amides is 2. The molecule has 4 aliphatic carbocycles. The van der Waals surface area contributed by atoms with Gasteiger partial charge in [0.2, 0.25) is 5.91 Å². The zero-order chi connectivity index (χ0) is 17.9. The Morgan fingerprint density at radius 3 is 2.15 bits per heavy atom. The molecule has 138 valence electrons. The minimum absolute atomic E-state index is 0.0549. The minimum atomic E-state index is -0.465. The van der Waals surface area contributed by atoms with Gasteiger partial charge in [-0.25, -0.2) is 0 Å². The molecule has 4 nitrogen and oxygen atoms in total. The van der Waals surface area contributed by atoms with E-state index in [1.165, 1.54) is 37.7 Å². The van der Waals surface area contributed by atoms with E-state index in [0.717, 1.165) is 31.8 Å². The van der Waals surface area contributed by atoms with Crippen LogP contribution in [0, 0.1) is 11.3 Å². The standard InChI is InChI=1S/C22H28N2O2/c1-15(20(26)24-10-8-21(6-7-21)9-11-24)23-19(25)17-2-4-18(5-3-17)22-12-16(13-22)14-22/h2-5,15-16H,6-14H2,1H3,(H,23,25)/t15-,16?,22?/m0/s1. The van der Waals surface area contributed by atoms with Crippen molar-refractivity contribution in [1.29, 1.82) is 0 Å². The van der Waals surface area contributed by atoms with Crippen LogP contribution in [0.25, 0.3) is 0 Å². The van der Waals surface area contributed by atoms with Crippen LogP contribution in [-0.2, 0) is 10.2 Å². The average Bonchev–Trinajstić information content (AvgIpc) is 3.32. The minimum Gasteiger partial charge on any atom is -0.341 e. The van der Waals surface area contributed by atoms with E-state index in [1.54, 1.807) is 6.92 Å². The van der Waals surface area contributed by atoms with Gasteiger partial charge >= 0.3 is 0 Å². The van der Waals surface area contributed by atoms with Gasteiger partial charge in [-0.2, -0.15) is 0 Å². The van der Waals surface area contributed by atoms with Crippen molar-refractivity contribution in [1.82, 2.24) is 10.2 Å². The van der Waals surface area contributed by atoms with Crippen LogP contribution in [0.1, 0.15) is 67.8 Å². The third kappa shape index (κ3) is 2.57. The lowest BCUT2D eigenvalue weighted by Gasteiger charge is -2.62. The topological polar surface area (TPSA) is 49.4 Å². The van der Waals surface area contributed by atoms with Crippen molar-refractivity contribution in [3.05, 3.63) is 35.4 Å². The number of nitrogens with zero attached hydrogens (tertiary/aromatic N) is 1. The Morgan fingerprint density at radius 2 is 1.65 bits per heavy atom. The highest BCUT2D eigenvalue weighted by Gasteiger charge is 2.57. The second-order valence-electron chi connectivity index (χ2n) is 9.36. The summed E-state index contributed by atoms with van der Waals surface area (Å²) in [6.45, 7) is 3.49. The fraction of sp³-hybridized carbons (Fsp3) is 0.636. The van der Waals surface area contributed by atoms with Crippen LogP contribution in [0.5, 0.6) is 0 Å². The van der Waals surface area contributed by atoms with E-state index in [2.05, 4.69) is 17.4 Å². The molecule has 1 aliphatic heterocycles. The third-order valence-corrected chi connectivity index (χ3v) is 7.61. The number of benzene rings is 1. The number of hydrogen-bond acceptors (Lipinski definition) is 2. The molecule has 1 heterocycles. The molecule has 4 saturated carbocycles. The van der Waals surface area contributed by atoms with E-state index in [-0.39, 0.29) is 11.8 Å². The molecule has 2 bridgehead atoms. The van der Waals surface area contributed by atoms with Gasteiger partial charge in [0.15, 0.2) is 0 Å². The van der Waals surface area contributed by atoms with Gasteiger partial charge in [0, 0.05) is 18.7 Å². The van der Waals surface area contributed by atoms with Gasteiger partial charge < -0.3 is 10.2 Å². The second-order valence-corrected chi connectivity index (χ2v) is 9.36. The normalized spacial score (nSPS) is 31.6. The van der Waals surface area contributed by atoms with Gasteiger partial charge in [-0.3, -0.25) is 9.59 Å². The van der Waals surface area contributed by atoms with Crippen molar-refractivity contribution in [3.63, 3.8) is 0 Å². The van der Waals surface area contributed by atoms with Crippen LogP contribution in [0.15, 0.2) is 24.3 Å². The first kappa shape index (κ1) is 16.3. The summed E-state index contributed by atoms with van der Waals surface area (Å²) in [4.78, 5) is 27.1. The average molecular weight is 352 g/mol. The molecule has 1 aromatic rings. The van der Waals surface area contributed by atoms with Gasteiger partial charge in [-0.05, 0) is 86.3 Å². The Bertz CT molecular complexity index is 723. The van der Waals surface area contributed by atoms with E-state index < -0.39 is 6.04 Å². The molecule has 5 fully saturated rings. The van der Waals surface area contributed by atoms with Crippen molar-refractivity contribution in [2.75, 3.05) is 13.1 Å². The zero-order valence-electron chi connectivity index (χ0n) is 15.6. The molecular weight excluding hydrogens is 324 g/mol. The number of likely N-dealkylation sites (tertiary alicyclic amines) is 1. The number of rotatable bonds is 4. The van der Waals surface area contributed by atoms with Gasteiger partial charge in [0.05, 0.1) is 0 Å². The smallest absolute Gasteiger partial charge is 0.251 e. The number of carbonyl (C=O) groups is 2. The molecule has 2 amide bonds. The monoisotopic (exact) mass is 352 g/mol. The third-order valence-electron chi connectivity index (χ3n) is 7.61.